The highest BCUT2D eigenvalue weighted by Gasteiger charge is 2.31. The molecule has 0 aromatic heterocycles. The van der Waals surface area contributed by atoms with Crippen LogP contribution in [0.2, 0.25) is 0 Å². The average molecular weight is 159 g/mol. The molecule has 1 fully saturated rings. The zero-order chi connectivity index (χ0) is 8.43. The molecule has 1 heterocycles. The molecule has 0 radical (unpaired) electrons. The van der Waals surface area contributed by atoms with Crippen molar-refractivity contribution in [1.29, 1.82) is 0 Å². The molecule has 1 aliphatic heterocycles. The molecule has 1 saturated heterocycles. The van der Waals surface area contributed by atoms with E-state index >= 15 is 0 Å². The molecule has 1 aliphatic rings. The Bertz CT molecular complexity index is 127. The fourth-order valence-electron chi connectivity index (χ4n) is 1.48. The van der Waals surface area contributed by atoms with Gasteiger partial charge in [0, 0.05) is 6.61 Å². The Hall–Kier alpha value is -0.120. The molecule has 0 saturated carbocycles. The van der Waals surface area contributed by atoms with Gasteiger partial charge in [-0.05, 0) is 12.3 Å². The first-order chi connectivity index (χ1) is 5.13. The lowest BCUT2D eigenvalue weighted by Gasteiger charge is -2.35. The van der Waals surface area contributed by atoms with Gasteiger partial charge in [-0.3, -0.25) is 0 Å². The lowest BCUT2D eigenvalue weighted by Crippen LogP contribution is -2.52. The minimum atomic E-state index is -0.379. The van der Waals surface area contributed by atoms with Gasteiger partial charge in [-0.1, -0.05) is 13.8 Å². The van der Waals surface area contributed by atoms with Gasteiger partial charge < -0.3 is 15.6 Å². The van der Waals surface area contributed by atoms with Crippen LogP contribution in [0.3, 0.4) is 0 Å². The van der Waals surface area contributed by atoms with Crippen LogP contribution < -0.4 is 5.73 Å². The highest BCUT2D eigenvalue weighted by Crippen LogP contribution is 2.18. The molecule has 0 aromatic carbocycles. The van der Waals surface area contributed by atoms with Gasteiger partial charge in [0.25, 0.3) is 0 Å². The monoisotopic (exact) mass is 159 g/mol. The van der Waals surface area contributed by atoms with Gasteiger partial charge >= 0.3 is 0 Å². The minimum Gasteiger partial charge on any atom is -0.391 e. The van der Waals surface area contributed by atoms with Crippen LogP contribution in [-0.2, 0) is 4.74 Å². The third-order valence-corrected chi connectivity index (χ3v) is 2.20. The van der Waals surface area contributed by atoms with E-state index in [-0.39, 0.29) is 18.2 Å². The molecule has 3 heteroatoms. The van der Waals surface area contributed by atoms with Gasteiger partial charge in [-0.2, -0.15) is 0 Å². The summed E-state index contributed by atoms with van der Waals surface area (Å²) >= 11 is 0. The molecule has 0 aromatic rings. The molecule has 0 spiro atoms. The van der Waals surface area contributed by atoms with Gasteiger partial charge in [-0.25, -0.2) is 0 Å². The Balaban J connectivity index is 2.51. The zero-order valence-electron chi connectivity index (χ0n) is 7.16. The number of nitrogens with two attached hydrogens (primary N) is 1. The SMILES string of the molecule is CC(C)C1OCCC(O)C1N. The van der Waals surface area contributed by atoms with Crippen molar-refractivity contribution >= 4 is 0 Å². The van der Waals surface area contributed by atoms with Crippen LogP contribution in [-0.4, -0.2) is 30.0 Å². The Morgan fingerprint density at radius 1 is 1.55 bits per heavy atom. The maximum absolute atomic E-state index is 9.39. The van der Waals surface area contributed by atoms with Gasteiger partial charge in [0.05, 0.1) is 18.2 Å². The number of ether oxygens (including phenoxy) is 1. The van der Waals surface area contributed by atoms with Crippen molar-refractivity contribution in [2.45, 2.75) is 38.5 Å². The summed E-state index contributed by atoms with van der Waals surface area (Å²) in [6, 6.07) is -0.205. The third kappa shape index (κ3) is 1.92. The van der Waals surface area contributed by atoms with Gasteiger partial charge in [0.1, 0.15) is 0 Å². The Morgan fingerprint density at radius 2 is 2.18 bits per heavy atom. The first-order valence-corrected chi connectivity index (χ1v) is 4.18. The largest absolute Gasteiger partial charge is 0.391 e. The molecule has 3 unspecified atom stereocenters. The van der Waals surface area contributed by atoms with Crippen LogP contribution in [0.1, 0.15) is 20.3 Å². The van der Waals surface area contributed by atoms with Crippen LogP contribution in [0.25, 0.3) is 0 Å². The van der Waals surface area contributed by atoms with Crippen molar-refractivity contribution in [3.63, 3.8) is 0 Å². The topological polar surface area (TPSA) is 55.5 Å². The smallest absolute Gasteiger partial charge is 0.0774 e. The lowest BCUT2D eigenvalue weighted by atomic mass is 9.92. The lowest BCUT2D eigenvalue weighted by molar-refractivity contribution is -0.0786. The molecule has 0 amide bonds. The van der Waals surface area contributed by atoms with Crippen LogP contribution in [0.4, 0.5) is 0 Å². The Kier molecular flexibility index (Phi) is 2.87. The second-order valence-electron chi connectivity index (χ2n) is 3.51. The summed E-state index contributed by atoms with van der Waals surface area (Å²) < 4.78 is 5.44. The predicted octanol–water partition coefficient (Wildman–Crippen LogP) is 0.120. The summed E-state index contributed by atoms with van der Waals surface area (Å²) in [6.45, 7) is 4.75. The summed E-state index contributed by atoms with van der Waals surface area (Å²) in [5, 5.41) is 9.39. The Morgan fingerprint density at radius 3 is 2.64 bits per heavy atom. The van der Waals surface area contributed by atoms with E-state index in [2.05, 4.69) is 13.8 Å². The molecule has 0 aliphatic carbocycles. The summed E-state index contributed by atoms with van der Waals surface area (Å²) in [5.41, 5.74) is 5.75. The van der Waals surface area contributed by atoms with E-state index < -0.39 is 0 Å². The fraction of sp³-hybridized carbons (Fsp3) is 1.00. The molecule has 3 nitrogen and oxygen atoms in total. The van der Waals surface area contributed by atoms with Crippen LogP contribution in [0, 0.1) is 5.92 Å². The fourth-order valence-corrected chi connectivity index (χ4v) is 1.48. The van der Waals surface area contributed by atoms with E-state index in [1.54, 1.807) is 0 Å². The van der Waals surface area contributed by atoms with Crippen molar-refractivity contribution in [1.82, 2.24) is 0 Å². The molecular weight excluding hydrogens is 142 g/mol. The van der Waals surface area contributed by atoms with Crippen molar-refractivity contribution in [2.75, 3.05) is 6.61 Å². The zero-order valence-corrected chi connectivity index (χ0v) is 7.16. The molecule has 0 bridgehead atoms. The quantitative estimate of drug-likeness (QED) is 0.571. The van der Waals surface area contributed by atoms with Crippen molar-refractivity contribution in [3.8, 4) is 0 Å². The molecular formula is C8H17NO2. The summed E-state index contributed by atoms with van der Waals surface area (Å²) in [5.74, 6) is 0.389. The maximum atomic E-state index is 9.39. The summed E-state index contributed by atoms with van der Waals surface area (Å²) in [7, 11) is 0. The van der Waals surface area contributed by atoms with E-state index in [1.807, 2.05) is 0 Å². The summed E-state index contributed by atoms with van der Waals surface area (Å²) in [6.07, 6.45) is 0.319. The molecule has 3 N–H and O–H groups in total. The number of aliphatic hydroxyl groups excluding tert-OH is 1. The minimum absolute atomic E-state index is 0.0266. The van der Waals surface area contributed by atoms with Gasteiger partial charge in [0.15, 0.2) is 0 Å². The van der Waals surface area contributed by atoms with E-state index in [9.17, 15) is 5.11 Å². The second-order valence-corrected chi connectivity index (χ2v) is 3.51. The molecule has 3 atom stereocenters. The summed E-state index contributed by atoms with van der Waals surface area (Å²) in [4.78, 5) is 0. The third-order valence-electron chi connectivity index (χ3n) is 2.20. The molecule has 66 valence electrons. The van der Waals surface area contributed by atoms with Crippen molar-refractivity contribution < 1.29 is 9.84 Å². The Labute approximate surface area is 67.5 Å². The second kappa shape index (κ2) is 3.52. The van der Waals surface area contributed by atoms with E-state index in [1.165, 1.54) is 0 Å². The van der Waals surface area contributed by atoms with E-state index in [0.29, 0.717) is 18.9 Å². The molecule has 1 rings (SSSR count). The number of rotatable bonds is 1. The molecule has 11 heavy (non-hydrogen) atoms. The number of hydrogen-bond acceptors (Lipinski definition) is 3. The van der Waals surface area contributed by atoms with Crippen molar-refractivity contribution in [2.24, 2.45) is 11.7 Å². The predicted molar refractivity (Wildman–Crippen MR) is 43.2 cm³/mol. The number of aliphatic hydroxyl groups is 1. The van der Waals surface area contributed by atoms with Gasteiger partial charge in [0.2, 0.25) is 0 Å². The highest BCUT2D eigenvalue weighted by molar-refractivity contribution is 4.86. The van der Waals surface area contributed by atoms with Gasteiger partial charge in [-0.15, -0.1) is 0 Å². The normalized spacial score (nSPS) is 39.5. The van der Waals surface area contributed by atoms with Crippen LogP contribution >= 0.6 is 0 Å². The van der Waals surface area contributed by atoms with Crippen LogP contribution in [0.15, 0.2) is 0 Å². The van der Waals surface area contributed by atoms with Crippen molar-refractivity contribution in [3.05, 3.63) is 0 Å². The number of hydrogen-bond donors (Lipinski definition) is 2. The van der Waals surface area contributed by atoms with E-state index in [4.69, 9.17) is 10.5 Å². The standard InChI is InChI=1S/C8H17NO2/c1-5(2)8-7(9)6(10)3-4-11-8/h5-8,10H,3-4,9H2,1-2H3. The first kappa shape index (κ1) is 8.97. The first-order valence-electron chi connectivity index (χ1n) is 4.18. The maximum Gasteiger partial charge on any atom is 0.0774 e. The van der Waals surface area contributed by atoms with Crippen LogP contribution in [0.5, 0.6) is 0 Å². The average Bonchev–Trinajstić information content (AvgIpc) is 1.94. The highest BCUT2D eigenvalue weighted by atomic mass is 16.5. The van der Waals surface area contributed by atoms with E-state index in [0.717, 1.165) is 0 Å².